The van der Waals surface area contributed by atoms with Crippen molar-refractivity contribution in [2.24, 2.45) is 0 Å². The average molecular weight is 207 g/mol. The van der Waals surface area contributed by atoms with Crippen molar-refractivity contribution in [2.45, 2.75) is 25.9 Å². The first-order chi connectivity index (χ1) is 6.99. The zero-order valence-electron chi connectivity index (χ0n) is 8.73. The SMILES string of the molecule is CC1(C)CC(=O)N(c2ccccc2O)O1. The van der Waals surface area contributed by atoms with E-state index in [1.807, 2.05) is 13.8 Å². The molecule has 1 aromatic carbocycles. The molecule has 4 heteroatoms. The topological polar surface area (TPSA) is 49.8 Å². The highest BCUT2D eigenvalue weighted by Gasteiger charge is 2.39. The van der Waals surface area contributed by atoms with Gasteiger partial charge in [0.15, 0.2) is 0 Å². The van der Waals surface area contributed by atoms with Crippen molar-refractivity contribution < 1.29 is 14.7 Å². The number of rotatable bonds is 1. The maximum absolute atomic E-state index is 11.6. The lowest BCUT2D eigenvalue weighted by Crippen LogP contribution is -2.25. The molecule has 1 N–H and O–H groups in total. The number of para-hydroxylation sites is 2. The average Bonchev–Trinajstić information content (AvgIpc) is 2.40. The van der Waals surface area contributed by atoms with E-state index in [0.29, 0.717) is 12.1 Å². The zero-order chi connectivity index (χ0) is 11.1. The summed E-state index contributed by atoms with van der Waals surface area (Å²) >= 11 is 0. The van der Waals surface area contributed by atoms with Gasteiger partial charge in [0.1, 0.15) is 17.0 Å². The van der Waals surface area contributed by atoms with Crippen LogP contribution in [0, 0.1) is 0 Å². The Morgan fingerprint density at radius 3 is 2.60 bits per heavy atom. The highest BCUT2D eigenvalue weighted by Crippen LogP contribution is 2.35. The van der Waals surface area contributed by atoms with Crippen LogP contribution in [0.3, 0.4) is 0 Å². The molecule has 2 rings (SSSR count). The molecule has 80 valence electrons. The number of phenolic OH excluding ortho intramolecular Hbond substituents is 1. The maximum Gasteiger partial charge on any atom is 0.254 e. The van der Waals surface area contributed by atoms with E-state index in [0.717, 1.165) is 5.06 Å². The van der Waals surface area contributed by atoms with Gasteiger partial charge in [-0.15, -0.1) is 0 Å². The second-order valence-corrected chi connectivity index (χ2v) is 4.20. The van der Waals surface area contributed by atoms with Crippen molar-refractivity contribution in [3.8, 4) is 5.75 Å². The Morgan fingerprint density at radius 2 is 2.07 bits per heavy atom. The van der Waals surface area contributed by atoms with Crippen LogP contribution in [0.4, 0.5) is 5.69 Å². The molecule has 0 spiro atoms. The van der Waals surface area contributed by atoms with Gasteiger partial charge in [0.2, 0.25) is 0 Å². The van der Waals surface area contributed by atoms with Crippen LogP contribution in [0.5, 0.6) is 5.75 Å². The van der Waals surface area contributed by atoms with Gasteiger partial charge in [-0.2, -0.15) is 5.06 Å². The standard InChI is InChI=1S/C11H13NO3/c1-11(2)7-10(14)12(15-11)8-5-3-4-6-9(8)13/h3-6,13H,7H2,1-2H3. The minimum absolute atomic E-state index is 0.0450. The molecule has 4 nitrogen and oxygen atoms in total. The molecular formula is C11H13NO3. The van der Waals surface area contributed by atoms with Crippen LogP contribution in [0.15, 0.2) is 24.3 Å². The highest BCUT2D eigenvalue weighted by atomic mass is 16.7. The summed E-state index contributed by atoms with van der Waals surface area (Å²) < 4.78 is 0. The van der Waals surface area contributed by atoms with Gasteiger partial charge < -0.3 is 5.11 Å². The number of benzene rings is 1. The molecule has 1 aliphatic heterocycles. The third-order valence-corrected chi connectivity index (χ3v) is 2.24. The van der Waals surface area contributed by atoms with Crippen LogP contribution >= 0.6 is 0 Å². The fourth-order valence-electron chi connectivity index (χ4n) is 1.59. The number of phenols is 1. The van der Waals surface area contributed by atoms with Crippen LogP contribution < -0.4 is 5.06 Å². The van der Waals surface area contributed by atoms with E-state index >= 15 is 0 Å². The molecule has 1 aliphatic rings. The van der Waals surface area contributed by atoms with E-state index in [9.17, 15) is 9.90 Å². The zero-order valence-corrected chi connectivity index (χ0v) is 8.73. The van der Waals surface area contributed by atoms with E-state index < -0.39 is 5.60 Å². The molecular weight excluding hydrogens is 194 g/mol. The second kappa shape index (κ2) is 3.24. The molecule has 15 heavy (non-hydrogen) atoms. The van der Waals surface area contributed by atoms with Crippen molar-refractivity contribution in [3.63, 3.8) is 0 Å². The minimum atomic E-state index is -0.501. The first-order valence-electron chi connectivity index (χ1n) is 4.80. The molecule has 0 atom stereocenters. The van der Waals surface area contributed by atoms with Crippen molar-refractivity contribution in [3.05, 3.63) is 24.3 Å². The van der Waals surface area contributed by atoms with Gasteiger partial charge in [-0.3, -0.25) is 9.63 Å². The summed E-state index contributed by atoms with van der Waals surface area (Å²) in [4.78, 5) is 17.1. The van der Waals surface area contributed by atoms with Gasteiger partial charge in [0.05, 0.1) is 6.42 Å². The lowest BCUT2D eigenvalue weighted by Gasteiger charge is -2.20. The first-order valence-corrected chi connectivity index (χ1v) is 4.80. The third kappa shape index (κ3) is 1.80. The molecule has 1 aromatic rings. The molecule has 1 fully saturated rings. The third-order valence-electron chi connectivity index (χ3n) is 2.24. The lowest BCUT2D eigenvalue weighted by atomic mass is 10.1. The normalized spacial score (nSPS) is 19.6. The Kier molecular flexibility index (Phi) is 2.16. The van der Waals surface area contributed by atoms with E-state index in [1.54, 1.807) is 18.2 Å². The van der Waals surface area contributed by atoms with Gasteiger partial charge in [0.25, 0.3) is 5.91 Å². The summed E-state index contributed by atoms with van der Waals surface area (Å²) in [6, 6.07) is 6.62. The number of carbonyl (C=O) groups excluding carboxylic acids is 1. The molecule has 0 saturated carbocycles. The summed E-state index contributed by atoms with van der Waals surface area (Å²) in [5, 5.41) is 10.7. The number of hydroxylamine groups is 1. The molecule has 1 heterocycles. The highest BCUT2D eigenvalue weighted by molar-refractivity contribution is 5.95. The van der Waals surface area contributed by atoms with Crippen molar-refractivity contribution in [1.29, 1.82) is 0 Å². The Hall–Kier alpha value is -1.55. The Morgan fingerprint density at radius 1 is 1.40 bits per heavy atom. The largest absolute Gasteiger partial charge is 0.506 e. The first kappa shape index (κ1) is 9.98. The second-order valence-electron chi connectivity index (χ2n) is 4.20. The number of hydrogen-bond donors (Lipinski definition) is 1. The Labute approximate surface area is 88.0 Å². The number of anilines is 1. The molecule has 0 unspecified atom stereocenters. The number of hydrogen-bond acceptors (Lipinski definition) is 3. The van der Waals surface area contributed by atoms with Crippen LogP contribution in [0.2, 0.25) is 0 Å². The summed E-state index contributed by atoms with van der Waals surface area (Å²) in [6.45, 7) is 3.68. The number of aromatic hydroxyl groups is 1. The summed E-state index contributed by atoms with van der Waals surface area (Å²) in [6.07, 6.45) is 0.321. The predicted octanol–water partition coefficient (Wildman–Crippen LogP) is 1.84. The Bertz CT molecular complexity index is 401. The fourth-order valence-corrected chi connectivity index (χ4v) is 1.59. The minimum Gasteiger partial charge on any atom is -0.506 e. The van der Waals surface area contributed by atoms with Gasteiger partial charge in [-0.05, 0) is 26.0 Å². The molecule has 0 bridgehead atoms. The molecule has 0 radical (unpaired) electrons. The molecule has 0 aromatic heterocycles. The smallest absolute Gasteiger partial charge is 0.254 e. The molecule has 1 saturated heterocycles. The van der Waals surface area contributed by atoms with Crippen molar-refractivity contribution >= 4 is 11.6 Å². The lowest BCUT2D eigenvalue weighted by molar-refractivity contribution is -0.119. The van der Waals surface area contributed by atoms with Crippen LogP contribution in [0.1, 0.15) is 20.3 Å². The fraction of sp³-hybridized carbons (Fsp3) is 0.364. The van der Waals surface area contributed by atoms with Crippen LogP contribution in [-0.4, -0.2) is 16.6 Å². The number of carbonyl (C=O) groups is 1. The van der Waals surface area contributed by atoms with E-state index in [2.05, 4.69) is 0 Å². The Balaban J connectivity index is 2.34. The van der Waals surface area contributed by atoms with Crippen molar-refractivity contribution in [2.75, 3.05) is 5.06 Å². The van der Waals surface area contributed by atoms with E-state index in [1.165, 1.54) is 6.07 Å². The summed E-state index contributed by atoms with van der Waals surface area (Å²) in [5.41, 5.74) is -0.104. The van der Waals surface area contributed by atoms with Crippen LogP contribution in [0.25, 0.3) is 0 Å². The maximum atomic E-state index is 11.6. The van der Waals surface area contributed by atoms with Gasteiger partial charge in [-0.25, -0.2) is 0 Å². The predicted molar refractivity (Wildman–Crippen MR) is 55.4 cm³/mol. The molecule has 1 amide bonds. The number of nitrogens with zero attached hydrogens (tertiary/aromatic N) is 1. The van der Waals surface area contributed by atoms with Gasteiger partial charge >= 0.3 is 0 Å². The molecule has 0 aliphatic carbocycles. The van der Waals surface area contributed by atoms with E-state index in [-0.39, 0.29) is 11.7 Å². The monoisotopic (exact) mass is 207 g/mol. The van der Waals surface area contributed by atoms with E-state index in [4.69, 9.17) is 4.84 Å². The van der Waals surface area contributed by atoms with Crippen LogP contribution in [-0.2, 0) is 9.63 Å². The summed E-state index contributed by atoms with van der Waals surface area (Å²) in [7, 11) is 0. The van der Waals surface area contributed by atoms with Gasteiger partial charge in [0, 0.05) is 0 Å². The quantitative estimate of drug-likeness (QED) is 0.764. The number of amides is 1. The summed E-state index contributed by atoms with van der Waals surface area (Å²) in [5.74, 6) is -0.0925. The van der Waals surface area contributed by atoms with Gasteiger partial charge in [-0.1, -0.05) is 12.1 Å². The van der Waals surface area contributed by atoms with Crippen molar-refractivity contribution in [1.82, 2.24) is 0 Å².